The maximum atomic E-state index is 9.89. The predicted octanol–water partition coefficient (Wildman–Crippen LogP) is 1.96. The van der Waals surface area contributed by atoms with Gasteiger partial charge in [0.15, 0.2) is 0 Å². The Kier molecular flexibility index (Phi) is 2.31. The van der Waals surface area contributed by atoms with Gasteiger partial charge in [-0.25, -0.2) is 0 Å². The lowest BCUT2D eigenvalue weighted by molar-refractivity contribution is 1.01. The molecule has 0 aromatic carbocycles. The molecule has 11 heavy (non-hydrogen) atoms. The van der Waals surface area contributed by atoms with Gasteiger partial charge in [-0.15, -0.1) is 0 Å². The quantitative estimate of drug-likeness (QED) is 0.605. The van der Waals surface area contributed by atoms with Crippen molar-refractivity contribution < 1.29 is 0 Å². The second-order valence-electron chi connectivity index (χ2n) is 2.53. The van der Waals surface area contributed by atoms with E-state index < -0.39 is 0 Å². The van der Waals surface area contributed by atoms with Crippen LogP contribution in [0.2, 0.25) is 0 Å². The van der Waals surface area contributed by atoms with E-state index in [0.29, 0.717) is 0 Å². The summed E-state index contributed by atoms with van der Waals surface area (Å²) >= 11 is 0. The minimum absolute atomic E-state index is 0.216. The number of hydrogen-bond donors (Lipinski definition) is 0. The highest BCUT2D eigenvalue weighted by Crippen LogP contribution is 2.06. The normalized spacial score (nSPS) is 9.64. The molecule has 0 aliphatic carbocycles. The van der Waals surface area contributed by atoms with E-state index in [1.54, 1.807) is 6.20 Å². The van der Waals surface area contributed by atoms with Crippen LogP contribution in [-0.4, -0.2) is 4.98 Å². The van der Waals surface area contributed by atoms with E-state index in [0.717, 1.165) is 16.8 Å². The zero-order valence-electron chi connectivity index (χ0n) is 6.66. The Morgan fingerprint density at radius 3 is 2.82 bits per heavy atom. The standard InChI is InChI=1S/C8H10N2O/c1-6-3-8(5-10-11)4-9-7(6)2/h3-4H,5H2,1-2H3. The number of hydrogen-bond acceptors (Lipinski definition) is 3. The molecule has 3 nitrogen and oxygen atoms in total. The smallest absolute Gasteiger partial charge is 0.108 e. The number of rotatable bonds is 2. The molecule has 0 N–H and O–H groups in total. The number of aryl methyl sites for hydroxylation is 2. The van der Waals surface area contributed by atoms with Crippen LogP contribution in [0.25, 0.3) is 0 Å². The van der Waals surface area contributed by atoms with Crippen LogP contribution in [0.4, 0.5) is 0 Å². The maximum Gasteiger partial charge on any atom is 0.108 e. The van der Waals surface area contributed by atoms with E-state index in [2.05, 4.69) is 10.2 Å². The molecule has 0 atom stereocenters. The molecule has 0 aliphatic heterocycles. The van der Waals surface area contributed by atoms with E-state index in [-0.39, 0.29) is 6.54 Å². The fourth-order valence-electron chi connectivity index (χ4n) is 0.862. The second-order valence-corrected chi connectivity index (χ2v) is 2.53. The van der Waals surface area contributed by atoms with Gasteiger partial charge in [0.05, 0.1) is 0 Å². The number of nitroso groups, excluding NO2 is 1. The predicted molar refractivity (Wildman–Crippen MR) is 43.2 cm³/mol. The average Bonchev–Trinajstić information content (AvgIpc) is 1.98. The molecular formula is C8H10N2O. The molecule has 1 aromatic rings. The number of pyridine rings is 1. The van der Waals surface area contributed by atoms with Crippen molar-refractivity contribution in [1.82, 2.24) is 4.98 Å². The average molecular weight is 150 g/mol. The third-order valence-corrected chi connectivity index (χ3v) is 1.64. The highest BCUT2D eigenvalue weighted by atomic mass is 16.3. The van der Waals surface area contributed by atoms with Gasteiger partial charge in [0.2, 0.25) is 0 Å². The summed E-state index contributed by atoms with van der Waals surface area (Å²) in [5.74, 6) is 0. The molecule has 0 fully saturated rings. The van der Waals surface area contributed by atoms with Gasteiger partial charge in [-0.3, -0.25) is 4.98 Å². The van der Waals surface area contributed by atoms with Gasteiger partial charge in [0, 0.05) is 11.9 Å². The van der Waals surface area contributed by atoms with Crippen molar-refractivity contribution in [2.45, 2.75) is 20.4 Å². The Bertz CT molecular complexity index is 271. The fourth-order valence-corrected chi connectivity index (χ4v) is 0.862. The van der Waals surface area contributed by atoms with Crippen LogP contribution >= 0.6 is 0 Å². The van der Waals surface area contributed by atoms with Crippen LogP contribution < -0.4 is 0 Å². The molecule has 3 heteroatoms. The van der Waals surface area contributed by atoms with Gasteiger partial charge < -0.3 is 0 Å². The Morgan fingerprint density at radius 2 is 2.27 bits per heavy atom. The van der Waals surface area contributed by atoms with Crippen molar-refractivity contribution in [1.29, 1.82) is 0 Å². The summed E-state index contributed by atoms with van der Waals surface area (Å²) in [6.45, 7) is 4.12. The van der Waals surface area contributed by atoms with Gasteiger partial charge in [-0.05, 0) is 25.0 Å². The first-order valence-corrected chi connectivity index (χ1v) is 3.45. The van der Waals surface area contributed by atoms with Crippen LogP contribution in [-0.2, 0) is 6.54 Å². The zero-order chi connectivity index (χ0) is 8.27. The molecule has 0 spiro atoms. The molecule has 58 valence electrons. The molecule has 0 amide bonds. The molecular weight excluding hydrogens is 140 g/mol. The van der Waals surface area contributed by atoms with Crippen LogP contribution in [0.5, 0.6) is 0 Å². The topological polar surface area (TPSA) is 42.3 Å². The van der Waals surface area contributed by atoms with Crippen molar-refractivity contribution >= 4 is 0 Å². The summed E-state index contributed by atoms with van der Waals surface area (Å²) in [5.41, 5.74) is 2.98. The minimum Gasteiger partial charge on any atom is -0.261 e. The van der Waals surface area contributed by atoms with Crippen LogP contribution in [0, 0.1) is 18.8 Å². The third-order valence-electron chi connectivity index (χ3n) is 1.64. The van der Waals surface area contributed by atoms with Crippen molar-refractivity contribution in [2.75, 3.05) is 0 Å². The fraction of sp³-hybridized carbons (Fsp3) is 0.375. The van der Waals surface area contributed by atoms with Crippen molar-refractivity contribution in [3.8, 4) is 0 Å². The van der Waals surface area contributed by atoms with Crippen molar-refractivity contribution in [3.63, 3.8) is 0 Å². The first-order valence-electron chi connectivity index (χ1n) is 3.45. The minimum atomic E-state index is 0.216. The van der Waals surface area contributed by atoms with Crippen molar-refractivity contribution in [2.24, 2.45) is 5.18 Å². The summed E-state index contributed by atoms with van der Waals surface area (Å²) in [5, 5.41) is 2.79. The lowest BCUT2D eigenvalue weighted by Crippen LogP contribution is -1.89. The van der Waals surface area contributed by atoms with Gasteiger partial charge >= 0.3 is 0 Å². The zero-order valence-corrected chi connectivity index (χ0v) is 6.66. The second kappa shape index (κ2) is 3.23. The number of nitrogens with zero attached hydrogens (tertiary/aromatic N) is 2. The Hall–Kier alpha value is -1.25. The monoisotopic (exact) mass is 150 g/mol. The molecule has 0 radical (unpaired) electrons. The Morgan fingerprint density at radius 1 is 1.55 bits per heavy atom. The Labute approximate surface area is 65.4 Å². The largest absolute Gasteiger partial charge is 0.261 e. The molecule has 1 aromatic heterocycles. The lowest BCUT2D eigenvalue weighted by Gasteiger charge is -1.99. The van der Waals surface area contributed by atoms with Crippen LogP contribution in [0.1, 0.15) is 16.8 Å². The van der Waals surface area contributed by atoms with Crippen molar-refractivity contribution in [3.05, 3.63) is 34.0 Å². The first kappa shape index (κ1) is 7.85. The summed E-state index contributed by atoms with van der Waals surface area (Å²) in [6, 6.07) is 1.93. The summed E-state index contributed by atoms with van der Waals surface area (Å²) < 4.78 is 0. The summed E-state index contributed by atoms with van der Waals surface area (Å²) in [6.07, 6.45) is 1.68. The van der Waals surface area contributed by atoms with E-state index in [1.165, 1.54) is 0 Å². The highest BCUT2D eigenvalue weighted by molar-refractivity contribution is 5.22. The van der Waals surface area contributed by atoms with Crippen LogP contribution in [0.15, 0.2) is 17.4 Å². The van der Waals surface area contributed by atoms with Gasteiger partial charge in [-0.2, -0.15) is 4.91 Å². The molecule has 0 aliphatic rings. The van der Waals surface area contributed by atoms with E-state index in [1.807, 2.05) is 19.9 Å². The Balaban J connectivity index is 2.95. The molecule has 0 bridgehead atoms. The SMILES string of the molecule is Cc1cc(CN=O)cnc1C. The molecule has 1 heterocycles. The maximum absolute atomic E-state index is 9.89. The van der Waals surface area contributed by atoms with Crippen LogP contribution in [0.3, 0.4) is 0 Å². The van der Waals surface area contributed by atoms with E-state index in [9.17, 15) is 4.91 Å². The molecule has 1 rings (SSSR count). The van der Waals surface area contributed by atoms with E-state index in [4.69, 9.17) is 0 Å². The summed E-state index contributed by atoms with van der Waals surface area (Å²) in [7, 11) is 0. The third kappa shape index (κ3) is 1.83. The molecule has 0 saturated carbocycles. The van der Waals surface area contributed by atoms with E-state index >= 15 is 0 Å². The first-order chi connectivity index (χ1) is 5.24. The summed E-state index contributed by atoms with van der Waals surface area (Å²) in [4.78, 5) is 14.0. The number of aromatic nitrogens is 1. The lowest BCUT2D eigenvalue weighted by atomic mass is 10.2. The van der Waals surface area contributed by atoms with Gasteiger partial charge in [0.1, 0.15) is 6.54 Å². The molecule has 0 unspecified atom stereocenters. The highest BCUT2D eigenvalue weighted by Gasteiger charge is 1.96. The van der Waals surface area contributed by atoms with Gasteiger partial charge in [-0.1, -0.05) is 11.2 Å². The molecule has 0 saturated heterocycles. The van der Waals surface area contributed by atoms with Gasteiger partial charge in [0.25, 0.3) is 0 Å².